The maximum atomic E-state index is 12.3. The van der Waals surface area contributed by atoms with E-state index in [1.165, 1.54) is 12.1 Å². The van der Waals surface area contributed by atoms with E-state index >= 15 is 0 Å². The lowest BCUT2D eigenvalue weighted by Gasteiger charge is -2.40. The molecule has 0 aliphatic heterocycles. The number of carbonyl (C=O) groups excluding carboxylic acids is 2. The van der Waals surface area contributed by atoms with Gasteiger partial charge in [0.05, 0.1) is 18.8 Å². The minimum atomic E-state index is -6.42. The van der Waals surface area contributed by atoms with E-state index in [2.05, 4.69) is 4.74 Å². The molecule has 1 rings (SSSR count). The Morgan fingerprint density at radius 1 is 0.923 bits per heavy atom. The number of alkyl halides is 6. The molecule has 0 spiro atoms. The second-order valence-electron chi connectivity index (χ2n) is 4.81. The van der Waals surface area contributed by atoms with Crippen LogP contribution in [0.25, 0.3) is 0 Å². The van der Waals surface area contributed by atoms with Gasteiger partial charge in [-0.15, -0.1) is 0 Å². The number of rotatable bonds is 6. The quantitative estimate of drug-likeness (QED) is 0.261. The molecule has 0 aliphatic rings. The molecule has 0 N–H and O–H groups in total. The molecule has 146 valence electrons. The molecule has 0 amide bonds. The molecule has 5 nitrogen and oxygen atoms in total. The second-order valence-corrected chi connectivity index (χ2v) is 6.05. The smallest absolute Gasteiger partial charge is 0.399 e. The molecular formula is C14H10F6IO5-. The third-order valence-electron chi connectivity index (χ3n) is 2.92. The van der Waals surface area contributed by atoms with Gasteiger partial charge < -0.3 is 14.6 Å². The number of carbonyl (C=O) groups is 2. The van der Waals surface area contributed by atoms with E-state index in [1.54, 1.807) is 12.1 Å². The summed E-state index contributed by atoms with van der Waals surface area (Å²) in [7, 11) is 0. The van der Waals surface area contributed by atoms with E-state index in [-0.39, 0.29) is 5.56 Å². The number of halogens is 7. The van der Waals surface area contributed by atoms with E-state index in [0.29, 0.717) is 0 Å². The molecule has 1 aromatic carbocycles. The summed E-state index contributed by atoms with van der Waals surface area (Å²) in [4.78, 5) is 22.6. The monoisotopic (exact) mass is 499 g/mol. The lowest BCUT2D eigenvalue weighted by Crippen LogP contribution is -2.71. The first kappa shape index (κ1) is 22.5. The van der Waals surface area contributed by atoms with Crippen molar-refractivity contribution in [2.75, 3.05) is 13.2 Å². The van der Waals surface area contributed by atoms with Gasteiger partial charge in [-0.1, -0.05) is 0 Å². The standard InChI is InChI=1S/C14H10F6IO5/c15-13(16,17)12(24,14(18,19)20)11(23)26-7-1-6-25-10(22)8-2-4-9(21)5-3-8/h2-5H,1,6-7H2/q-1. The van der Waals surface area contributed by atoms with Crippen molar-refractivity contribution in [3.05, 3.63) is 33.4 Å². The van der Waals surface area contributed by atoms with Crippen molar-refractivity contribution in [1.82, 2.24) is 0 Å². The van der Waals surface area contributed by atoms with Crippen LogP contribution in [0.2, 0.25) is 0 Å². The molecule has 0 atom stereocenters. The van der Waals surface area contributed by atoms with Gasteiger partial charge in [0, 0.05) is 9.99 Å². The predicted molar refractivity (Wildman–Crippen MR) is 79.9 cm³/mol. The van der Waals surface area contributed by atoms with Gasteiger partial charge in [-0.05, 0) is 46.9 Å². The van der Waals surface area contributed by atoms with Gasteiger partial charge in [0.25, 0.3) is 0 Å². The lowest BCUT2D eigenvalue weighted by atomic mass is 10.0. The van der Waals surface area contributed by atoms with Crippen molar-refractivity contribution in [3.8, 4) is 0 Å². The summed E-state index contributed by atoms with van der Waals surface area (Å²) in [5, 5.41) is 11.0. The van der Waals surface area contributed by atoms with Crippen molar-refractivity contribution >= 4 is 34.5 Å². The van der Waals surface area contributed by atoms with Crippen molar-refractivity contribution < 1.29 is 50.5 Å². The van der Waals surface area contributed by atoms with Crippen LogP contribution in [0, 0.1) is 3.57 Å². The molecule has 0 radical (unpaired) electrons. The average Bonchev–Trinajstić information content (AvgIpc) is 2.51. The summed E-state index contributed by atoms with van der Waals surface area (Å²) >= 11 is 2.00. The van der Waals surface area contributed by atoms with Crippen LogP contribution in [0.15, 0.2) is 24.3 Å². The maximum Gasteiger partial charge on any atom is 0.399 e. The number of esters is 2. The highest BCUT2D eigenvalue weighted by atomic mass is 127. The minimum absolute atomic E-state index is 0.176. The zero-order valence-corrected chi connectivity index (χ0v) is 14.8. The van der Waals surface area contributed by atoms with Gasteiger partial charge >= 0.3 is 24.3 Å². The molecule has 0 aromatic heterocycles. The van der Waals surface area contributed by atoms with Crippen LogP contribution in [0.3, 0.4) is 0 Å². The van der Waals surface area contributed by atoms with Gasteiger partial charge in [-0.25, -0.2) is 4.79 Å². The third-order valence-corrected chi connectivity index (χ3v) is 3.64. The normalized spacial score (nSPS) is 12.6. The summed E-state index contributed by atoms with van der Waals surface area (Å²) in [5.74, 6) is -3.79. The van der Waals surface area contributed by atoms with Crippen molar-refractivity contribution in [1.29, 1.82) is 0 Å². The fourth-order valence-corrected chi connectivity index (χ4v) is 1.91. The van der Waals surface area contributed by atoms with Crippen molar-refractivity contribution in [2.24, 2.45) is 0 Å². The predicted octanol–water partition coefficient (Wildman–Crippen LogP) is 2.61. The number of benzene rings is 1. The molecule has 0 saturated heterocycles. The number of hydrogen-bond donors (Lipinski definition) is 0. The zero-order valence-electron chi connectivity index (χ0n) is 12.6. The largest absolute Gasteiger partial charge is 0.828 e. The van der Waals surface area contributed by atoms with E-state index < -0.39 is 49.5 Å². The van der Waals surface area contributed by atoms with Gasteiger partial charge in [0.2, 0.25) is 0 Å². The van der Waals surface area contributed by atoms with E-state index in [4.69, 9.17) is 4.74 Å². The Morgan fingerprint density at radius 2 is 1.38 bits per heavy atom. The lowest BCUT2D eigenvalue weighted by molar-refractivity contribution is -0.574. The second kappa shape index (κ2) is 8.41. The van der Waals surface area contributed by atoms with Crippen LogP contribution in [-0.2, 0) is 14.3 Å². The van der Waals surface area contributed by atoms with E-state index in [1.807, 2.05) is 22.6 Å². The van der Waals surface area contributed by atoms with Crippen LogP contribution in [0.4, 0.5) is 26.3 Å². The third kappa shape index (κ3) is 5.22. The van der Waals surface area contributed by atoms with Gasteiger partial charge in [-0.3, -0.25) is 4.79 Å². The highest BCUT2D eigenvalue weighted by Gasteiger charge is 2.68. The van der Waals surface area contributed by atoms with Crippen LogP contribution in [-0.4, -0.2) is 43.1 Å². The average molecular weight is 499 g/mol. The Labute approximate surface area is 156 Å². The molecule has 0 heterocycles. The first-order valence-corrected chi connectivity index (χ1v) is 7.82. The highest BCUT2D eigenvalue weighted by molar-refractivity contribution is 14.1. The fourth-order valence-electron chi connectivity index (χ4n) is 1.55. The van der Waals surface area contributed by atoms with Crippen molar-refractivity contribution in [3.63, 3.8) is 0 Å². The fraction of sp³-hybridized carbons (Fsp3) is 0.429. The first-order chi connectivity index (χ1) is 11.8. The maximum absolute atomic E-state index is 12.3. The number of ether oxygens (including phenoxy) is 2. The topological polar surface area (TPSA) is 75.7 Å². The molecular weight excluding hydrogens is 489 g/mol. The Morgan fingerprint density at radius 3 is 1.85 bits per heavy atom. The van der Waals surface area contributed by atoms with Gasteiger partial charge in [0.1, 0.15) is 0 Å². The summed E-state index contributed by atoms with van der Waals surface area (Å²) < 4.78 is 83.4. The number of hydrogen-bond acceptors (Lipinski definition) is 5. The van der Waals surface area contributed by atoms with E-state index in [0.717, 1.165) is 3.57 Å². The molecule has 0 aliphatic carbocycles. The van der Waals surface area contributed by atoms with Crippen LogP contribution in [0.1, 0.15) is 16.8 Å². The Balaban J connectivity index is 2.51. The SMILES string of the molecule is O=C(OCCCOC(=O)C([O-])(C(F)(F)F)C(F)(F)F)c1ccc(I)cc1. The van der Waals surface area contributed by atoms with Crippen LogP contribution in [0.5, 0.6) is 0 Å². The summed E-state index contributed by atoms with van der Waals surface area (Å²) in [6.45, 7) is -1.41. The Bertz CT molecular complexity index is 627. The summed E-state index contributed by atoms with van der Waals surface area (Å²) in [6.07, 6.45) is -13.2. The first-order valence-electron chi connectivity index (χ1n) is 6.74. The zero-order chi connectivity index (χ0) is 20.2. The van der Waals surface area contributed by atoms with Crippen LogP contribution >= 0.6 is 22.6 Å². The summed E-state index contributed by atoms with van der Waals surface area (Å²) in [5.41, 5.74) is -5.70. The minimum Gasteiger partial charge on any atom is -0.828 e. The Kier molecular flexibility index (Phi) is 7.27. The Hall–Kier alpha value is -1.57. The molecule has 0 unspecified atom stereocenters. The molecule has 0 bridgehead atoms. The molecule has 1 aromatic rings. The molecule has 26 heavy (non-hydrogen) atoms. The van der Waals surface area contributed by atoms with Crippen molar-refractivity contribution in [2.45, 2.75) is 24.4 Å². The molecule has 0 saturated carbocycles. The molecule has 12 heteroatoms. The van der Waals surface area contributed by atoms with Crippen LogP contribution < -0.4 is 5.11 Å². The van der Waals surface area contributed by atoms with E-state index in [9.17, 15) is 41.0 Å². The van der Waals surface area contributed by atoms with Gasteiger partial charge in [-0.2, -0.15) is 26.3 Å². The summed E-state index contributed by atoms with van der Waals surface area (Å²) in [6, 6.07) is 6.12. The highest BCUT2D eigenvalue weighted by Crippen LogP contribution is 2.41. The molecule has 0 fully saturated rings. The van der Waals surface area contributed by atoms with Gasteiger partial charge in [0.15, 0.2) is 5.60 Å².